The van der Waals surface area contributed by atoms with E-state index in [2.05, 4.69) is 32.0 Å². The summed E-state index contributed by atoms with van der Waals surface area (Å²) < 4.78 is 0. The quantitative estimate of drug-likeness (QED) is 0.551. The Balaban J connectivity index is 1.56. The van der Waals surface area contributed by atoms with Gasteiger partial charge in [0.2, 0.25) is 0 Å². The summed E-state index contributed by atoms with van der Waals surface area (Å²) in [5.41, 5.74) is 11.4. The first-order chi connectivity index (χ1) is 13.1. The molecule has 0 bridgehead atoms. The number of rotatable bonds is 4. The summed E-state index contributed by atoms with van der Waals surface area (Å²) >= 11 is 0. The van der Waals surface area contributed by atoms with Gasteiger partial charge in [0.15, 0.2) is 0 Å². The number of fused-ring (bicyclic) bond motifs is 5. The Kier molecular flexibility index (Phi) is 4.82. The maximum atomic E-state index is 12.6. The van der Waals surface area contributed by atoms with Crippen LogP contribution in [0.2, 0.25) is 0 Å². The predicted octanol–water partition coefficient (Wildman–Crippen LogP) is 4.52. The van der Waals surface area contributed by atoms with Crippen molar-refractivity contribution in [1.82, 2.24) is 5.48 Å². The highest BCUT2D eigenvalue weighted by atomic mass is 16.7. The van der Waals surface area contributed by atoms with Crippen molar-refractivity contribution in [2.75, 3.05) is 6.54 Å². The highest BCUT2D eigenvalue weighted by Gasteiger charge is 2.60. The third-order valence-electron chi connectivity index (χ3n) is 8.91. The molecule has 0 heterocycles. The highest BCUT2D eigenvalue weighted by molar-refractivity contribution is 5.87. The third-order valence-corrected chi connectivity index (χ3v) is 8.91. The fourth-order valence-electron chi connectivity index (χ4n) is 6.83. The SMILES string of the molecule is C=C1CC2C=C(NOC(C)(C)CN)CC[C@]2(C)[C@H]2CC[C@]3(C)C(=O)CC[C@H]3[C@H]12. The summed E-state index contributed by atoms with van der Waals surface area (Å²) in [6.45, 7) is 13.8. The van der Waals surface area contributed by atoms with Gasteiger partial charge < -0.3 is 5.73 Å². The topological polar surface area (TPSA) is 64.3 Å². The van der Waals surface area contributed by atoms with Gasteiger partial charge in [0.25, 0.3) is 0 Å². The van der Waals surface area contributed by atoms with Gasteiger partial charge in [-0.3, -0.25) is 15.1 Å². The fraction of sp³-hybridized carbons (Fsp3) is 0.792. The molecule has 1 unspecified atom stereocenters. The standard InChI is InChI=1S/C24H38N2O2/c1-15-12-16-13-17(26-28-22(2,3)14-25)8-10-23(16,4)19-9-11-24(5)18(21(15)19)6-7-20(24)27/h13,16,18-19,21,26H,1,6-12,14,25H2,2-5H3/t16?,18-,19-,21-,23-,24-/m0/s1. The summed E-state index contributed by atoms with van der Waals surface area (Å²) in [7, 11) is 0. The van der Waals surface area contributed by atoms with E-state index in [9.17, 15) is 4.79 Å². The molecular formula is C24H38N2O2. The average molecular weight is 387 g/mol. The Morgan fingerprint density at radius 3 is 2.71 bits per heavy atom. The van der Waals surface area contributed by atoms with Crippen LogP contribution in [0.4, 0.5) is 0 Å². The molecule has 0 aromatic heterocycles. The molecule has 4 aliphatic carbocycles. The highest BCUT2D eigenvalue weighted by Crippen LogP contribution is 2.66. The second-order valence-electron chi connectivity index (χ2n) is 11.0. The second kappa shape index (κ2) is 6.70. The van der Waals surface area contributed by atoms with E-state index in [1.807, 2.05) is 13.8 Å². The maximum Gasteiger partial charge on any atom is 0.139 e. The first kappa shape index (κ1) is 20.2. The second-order valence-corrected chi connectivity index (χ2v) is 11.0. The van der Waals surface area contributed by atoms with E-state index in [1.165, 1.54) is 24.1 Å². The molecule has 0 radical (unpaired) electrons. The van der Waals surface area contributed by atoms with Crippen LogP contribution in [0.1, 0.15) is 72.6 Å². The molecule has 0 aromatic carbocycles. The Morgan fingerprint density at radius 1 is 1.25 bits per heavy atom. The molecule has 4 heteroatoms. The molecule has 0 aliphatic heterocycles. The molecule has 0 spiro atoms. The summed E-state index contributed by atoms with van der Waals surface area (Å²) in [4.78, 5) is 18.5. The number of ketones is 1. The summed E-state index contributed by atoms with van der Waals surface area (Å²) in [5.74, 6) is 2.71. The Hall–Kier alpha value is -1.13. The van der Waals surface area contributed by atoms with Crippen LogP contribution in [0.5, 0.6) is 0 Å². The van der Waals surface area contributed by atoms with Crippen LogP contribution in [0.25, 0.3) is 0 Å². The van der Waals surface area contributed by atoms with Crippen LogP contribution in [0.15, 0.2) is 23.9 Å². The lowest BCUT2D eigenvalue weighted by molar-refractivity contribution is -0.133. The van der Waals surface area contributed by atoms with Gasteiger partial charge in [0, 0.05) is 24.1 Å². The van der Waals surface area contributed by atoms with Crippen LogP contribution in [0, 0.1) is 34.5 Å². The number of carbonyl (C=O) groups is 1. The molecule has 0 aromatic rings. The van der Waals surface area contributed by atoms with Crippen molar-refractivity contribution in [2.24, 2.45) is 40.2 Å². The van der Waals surface area contributed by atoms with Crippen molar-refractivity contribution >= 4 is 5.78 Å². The zero-order chi connectivity index (χ0) is 20.3. The number of hydroxylamine groups is 1. The van der Waals surface area contributed by atoms with Crippen LogP contribution in [0.3, 0.4) is 0 Å². The minimum atomic E-state index is -0.369. The predicted molar refractivity (Wildman–Crippen MR) is 112 cm³/mol. The maximum absolute atomic E-state index is 12.6. The Morgan fingerprint density at radius 2 is 2.00 bits per heavy atom. The van der Waals surface area contributed by atoms with Gasteiger partial charge in [0.05, 0.1) is 0 Å². The molecule has 0 amide bonds. The summed E-state index contributed by atoms with van der Waals surface area (Å²) in [6.07, 6.45) is 9.73. The molecule has 28 heavy (non-hydrogen) atoms. The van der Waals surface area contributed by atoms with Crippen molar-refractivity contribution in [3.05, 3.63) is 23.9 Å². The number of Topliss-reactive ketones (excluding diaryl/α,β-unsaturated/α-hetero) is 1. The van der Waals surface area contributed by atoms with E-state index < -0.39 is 0 Å². The largest absolute Gasteiger partial charge is 0.328 e. The van der Waals surface area contributed by atoms with Crippen LogP contribution in [-0.2, 0) is 9.63 Å². The van der Waals surface area contributed by atoms with E-state index in [0.29, 0.717) is 41.4 Å². The van der Waals surface area contributed by atoms with Crippen LogP contribution in [-0.4, -0.2) is 17.9 Å². The number of hydrogen-bond donors (Lipinski definition) is 2. The number of nitrogens with one attached hydrogen (secondary N) is 1. The molecule has 0 saturated heterocycles. The normalized spacial score (nSPS) is 43.1. The minimum Gasteiger partial charge on any atom is -0.328 e. The van der Waals surface area contributed by atoms with Gasteiger partial charge in [-0.1, -0.05) is 32.1 Å². The fourth-order valence-corrected chi connectivity index (χ4v) is 6.83. The lowest BCUT2D eigenvalue weighted by Gasteiger charge is -2.59. The number of nitrogens with two attached hydrogens (primary N) is 1. The third kappa shape index (κ3) is 2.99. The molecule has 4 aliphatic rings. The molecule has 3 saturated carbocycles. The summed E-state index contributed by atoms with van der Waals surface area (Å²) in [5, 5.41) is 0. The lowest BCUT2D eigenvalue weighted by Crippen LogP contribution is -2.53. The number of hydrogen-bond acceptors (Lipinski definition) is 4. The van der Waals surface area contributed by atoms with Crippen LogP contribution >= 0.6 is 0 Å². The molecule has 3 N–H and O–H groups in total. The first-order valence-electron chi connectivity index (χ1n) is 11.2. The number of allylic oxidation sites excluding steroid dienone is 3. The van der Waals surface area contributed by atoms with E-state index in [0.717, 1.165) is 32.1 Å². The van der Waals surface area contributed by atoms with Crippen molar-refractivity contribution in [2.45, 2.75) is 78.2 Å². The first-order valence-corrected chi connectivity index (χ1v) is 11.2. The average Bonchev–Trinajstić information content (AvgIpc) is 2.96. The number of carbonyl (C=O) groups excluding carboxylic acids is 1. The lowest BCUT2D eigenvalue weighted by atomic mass is 9.45. The van der Waals surface area contributed by atoms with E-state index in [4.69, 9.17) is 10.6 Å². The van der Waals surface area contributed by atoms with E-state index in [-0.39, 0.29) is 11.0 Å². The monoisotopic (exact) mass is 386 g/mol. The Bertz CT molecular complexity index is 711. The summed E-state index contributed by atoms with van der Waals surface area (Å²) in [6, 6.07) is 0. The van der Waals surface area contributed by atoms with Crippen molar-refractivity contribution in [3.8, 4) is 0 Å². The van der Waals surface area contributed by atoms with Gasteiger partial charge in [-0.05, 0) is 81.5 Å². The minimum absolute atomic E-state index is 0.0911. The van der Waals surface area contributed by atoms with E-state index >= 15 is 0 Å². The van der Waals surface area contributed by atoms with Crippen molar-refractivity contribution in [1.29, 1.82) is 0 Å². The molecular weight excluding hydrogens is 348 g/mol. The van der Waals surface area contributed by atoms with Gasteiger partial charge in [-0.25, -0.2) is 0 Å². The van der Waals surface area contributed by atoms with Gasteiger partial charge in [-0.15, -0.1) is 0 Å². The smallest absolute Gasteiger partial charge is 0.139 e. The van der Waals surface area contributed by atoms with Crippen LogP contribution < -0.4 is 11.2 Å². The van der Waals surface area contributed by atoms with Gasteiger partial charge in [0.1, 0.15) is 11.4 Å². The Labute approximate surface area is 170 Å². The zero-order valence-electron chi connectivity index (χ0n) is 18.1. The molecule has 156 valence electrons. The van der Waals surface area contributed by atoms with E-state index in [1.54, 1.807) is 0 Å². The van der Waals surface area contributed by atoms with Crippen molar-refractivity contribution in [3.63, 3.8) is 0 Å². The molecule has 3 fully saturated rings. The molecule has 4 rings (SSSR count). The van der Waals surface area contributed by atoms with Gasteiger partial charge >= 0.3 is 0 Å². The van der Waals surface area contributed by atoms with Gasteiger partial charge in [-0.2, -0.15) is 0 Å². The van der Waals surface area contributed by atoms with Crippen molar-refractivity contribution < 1.29 is 9.63 Å². The molecule has 4 nitrogen and oxygen atoms in total. The zero-order valence-corrected chi connectivity index (χ0v) is 18.1. The molecule has 6 atom stereocenters.